The molecule has 0 fully saturated rings. The summed E-state index contributed by atoms with van der Waals surface area (Å²) in [4.78, 5) is 0. The summed E-state index contributed by atoms with van der Waals surface area (Å²) in [6, 6.07) is 4.92. The number of hydrogen-bond donors (Lipinski definition) is 2. The number of benzene rings is 1. The quantitative estimate of drug-likeness (QED) is 0.873. The van der Waals surface area contributed by atoms with E-state index in [1.807, 2.05) is 13.8 Å². The van der Waals surface area contributed by atoms with Gasteiger partial charge in [-0.3, -0.25) is 0 Å². The lowest BCUT2D eigenvalue weighted by atomic mass is 10.1. The molecule has 90 valence electrons. The van der Waals surface area contributed by atoms with Crippen molar-refractivity contribution in [2.45, 2.75) is 25.8 Å². The molecule has 0 aliphatic carbocycles. The summed E-state index contributed by atoms with van der Waals surface area (Å²) < 4.78 is 14.3. The van der Waals surface area contributed by atoms with Crippen LogP contribution >= 0.6 is 15.9 Å². The third-order valence-corrected chi connectivity index (χ3v) is 2.89. The van der Waals surface area contributed by atoms with E-state index in [0.717, 1.165) is 4.47 Å². The van der Waals surface area contributed by atoms with Crippen molar-refractivity contribution in [3.8, 4) is 0 Å². The second-order valence-corrected chi connectivity index (χ2v) is 5.37. The van der Waals surface area contributed by atoms with Gasteiger partial charge in [0.05, 0.1) is 6.61 Å². The number of aliphatic hydroxyl groups excluding tert-OH is 1. The third-order valence-electron chi connectivity index (χ3n) is 2.40. The molecule has 0 heterocycles. The average molecular weight is 290 g/mol. The lowest BCUT2D eigenvalue weighted by Crippen LogP contribution is -2.43. The molecule has 1 aromatic carbocycles. The normalized spacial score (nSPS) is 11.8. The van der Waals surface area contributed by atoms with Crippen molar-refractivity contribution in [3.63, 3.8) is 0 Å². The summed E-state index contributed by atoms with van der Waals surface area (Å²) in [7, 11) is 0. The number of halogens is 2. The van der Waals surface area contributed by atoms with Gasteiger partial charge < -0.3 is 10.4 Å². The largest absolute Gasteiger partial charge is 0.394 e. The van der Waals surface area contributed by atoms with Crippen LogP contribution in [0.15, 0.2) is 22.7 Å². The fourth-order valence-corrected chi connectivity index (χ4v) is 1.73. The van der Waals surface area contributed by atoms with E-state index in [4.69, 9.17) is 5.11 Å². The summed E-state index contributed by atoms with van der Waals surface area (Å²) in [5.74, 6) is -0.188. The van der Waals surface area contributed by atoms with Gasteiger partial charge in [0, 0.05) is 10.0 Å². The zero-order chi connectivity index (χ0) is 12.2. The van der Waals surface area contributed by atoms with E-state index in [1.165, 1.54) is 6.07 Å². The molecule has 0 radical (unpaired) electrons. The van der Waals surface area contributed by atoms with Gasteiger partial charge in [-0.2, -0.15) is 0 Å². The average Bonchev–Trinajstić information content (AvgIpc) is 2.23. The molecule has 0 spiro atoms. The van der Waals surface area contributed by atoms with Gasteiger partial charge in [0.25, 0.3) is 0 Å². The van der Waals surface area contributed by atoms with Crippen LogP contribution in [0.25, 0.3) is 0 Å². The molecule has 4 heteroatoms. The Balaban J connectivity index is 2.52. The topological polar surface area (TPSA) is 32.3 Å². The molecule has 0 aromatic heterocycles. The Morgan fingerprint density at radius 3 is 2.75 bits per heavy atom. The van der Waals surface area contributed by atoms with Crippen molar-refractivity contribution >= 4 is 15.9 Å². The van der Waals surface area contributed by atoms with Crippen LogP contribution in [-0.2, 0) is 6.42 Å². The van der Waals surface area contributed by atoms with Crippen molar-refractivity contribution < 1.29 is 9.50 Å². The van der Waals surface area contributed by atoms with Gasteiger partial charge in [-0.1, -0.05) is 15.9 Å². The second kappa shape index (κ2) is 5.75. The van der Waals surface area contributed by atoms with Crippen LogP contribution in [-0.4, -0.2) is 23.8 Å². The monoisotopic (exact) mass is 289 g/mol. The van der Waals surface area contributed by atoms with Gasteiger partial charge in [-0.15, -0.1) is 0 Å². The van der Waals surface area contributed by atoms with E-state index in [9.17, 15) is 4.39 Å². The first-order valence-electron chi connectivity index (χ1n) is 5.24. The molecule has 0 bridgehead atoms. The maximum Gasteiger partial charge on any atom is 0.126 e. The summed E-state index contributed by atoms with van der Waals surface area (Å²) in [5.41, 5.74) is 0.360. The van der Waals surface area contributed by atoms with Crippen LogP contribution in [0.4, 0.5) is 4.39 Å². The first-order chi connectivity index (χ1) is 7.44. The van der Waals surface area contributed by atoms with Crippen LogP contribution in [0.5, 0.6) is 0 Å². The molecule has 0 aliphatic heterocycles. The molecule has 0 saturated heterocycles. The molecule has 16 heavy (non-hydrogen) atoms. The SMILES string of the molecule is CC(C)(CO)NCCc1cc(Br)ccc1F. The highest BCUT2D eigenvalue weighted by molar-refractivity contribution is 9.10. The zero-order valence-corrected chi connectivity index (χ0v) is 11.1. The van der Waals surface area contributed by atoms with E-state index in [-0.39, 0.29) is 18.0 Å². The molecule has 0 atom stereocenters. The van der Waals surface area contributed by atoms with Gasteiger partial charge in [0.1, 0.15) is 5.82 Å². The van der Waals surface area contributed by atoms with Crippen molar-refractivity contribution in [3.05, 3.63) is 34.1 Å². The molecular formula is C12H17BrFNO. The summed E-state index contributed by atoms with van der Waals surface area (Å²) in [6.45, 7) is 4.52. The van der Waals surface area contributed by atoms with Gasteiger partial charge in [0.15, 0.2) is 0 Å². The fourth-order valence-electron chi connectivity index (χ4n) is 1.33. The second-order valence-electron chi connectivity index (χ2n) is 4.45. The number of nitrogens with one attached hydrogen (secondary N) is 1. The van der Waals surface area contributed by atoms with E-state index < -0.39 is 0 Å². The Hall–Kier alpha value is -0.450. The summed E-state index contributed by atoms with van der Waals surface area (Å²) in [6.07, 6.45) is 0.606. The molecule has 2 N–H and O–H groups in total. The van der Waals surface area contributed by atoms with Crippen LogP contribution in [0.2, 0.25) is 0 Å². The Labute approximate surface area is 104 Å². The van der Waals surface area contributed by atoms with E-state index >= 15 is 0 Å². The molecular weight excluding hydrogens is 273 g/mol. The predicted octanol–water partition coefficient (Wildman–Crippen LogP) is 2.49. The molecule has 0 aliphatic rings. The highest BCUT2D eigenvalue weighted by Gasteiger charge is 2.14. The first-order valence-corrected chi connectivity index (χ1v) is 6.04. The molecule has 0 saturated carbocycles. The number of rotatable bonds is 5. The zero-order valence-electron chi connectivity index (χ0n) is 9.56. The highest BCUT2D eigenvalue weighted by atomic mass is 79.9. The maximum absolute atomic E-state index is 13.4. The molecule has 2 nitrogen and oxygen atoms in total. The van der Waals surface area contributed by atoms with Crippen LogP contribution in [0.3, 0.4) is 0 Å². The summed E-state index contributed by atoms with van der Waals surface area (Å²) in [5, 5.41) is 12.2. The van der Waals surface area contributed by atoms with E-state index in [1.54, 1.807) is 12.1 Å². The minimum Gasteiger partial charge on any atom is -0.394 e. The van der Waals surface area contributed by atoms with Crippen molar-refractivity contribution in [2.75, 3.05) is 13.2 Å². The van der Waals surface area contributed by atoms with Crippen LogP contribution in [0, 0.1) is 5.82 Å². The Morgan fingerprint density at radius 2 is 2.12 bits per heavy atom. The van der Waals surface area contributed by atoms with Gasteiger partial charge >= 0.3 is 0 Å². The Morgan fingerprint density at radius 1 is 1.44 bits per heavy atom. The highest BCUT2D eigenvalue weighted by Crippen LogP contribution is 2.15. The smallest absolute Gasteiger partial charge is 0.126 e. The molecule has 0 amide bonds. The number of hydrogen-bond acceptors (Lipinski definition) is 2. The van der Waals surface area contributed by atoms with E-state index in [0.29, 0.717) is 18.5 Å². The van der Waals surface area contributed by atoms with Gasteiger partial charge in [0.2, 0.25) is 0 Å². The van der Waals surface area contributed by atoms with Gasteiger partial charge in [-0.05, 0) is 50.6 Å². The van der Waals surface area contributed by atoms with Crippen molar-refractivity contribution in [1.82, 2.24) is 5.32 Å². The van der Waals surface area contributed by atoms with Crippen LogP contribution < -0.4 is 5.32 Å². The maximum atomic E-state index is 13.4. The summed E-state index contributed by atoms with van der Waals surface area (Å²) >= 11 is 3.31. The van der Waals surface area contributed by atoms with Crippen molar-refractivity contribution in [2.24, 2.45) is 0 Å². The number of aliphatic hydroxyl groups is 1. The lowest BCUT2D eigenvalue weighted by molar-refractivity contribution is 0.189. The third kappa shape index (κ3) is 4.20. The minimum absolute atomic E-state index is 0.0635. The Bertz CT molecular complexity index is 355. The lowest BCUT2D eigenvalue weighted by Gasteiger charge is -2.23. The molecule has 1 rings (SSSR count). The van der Waals surface area contributed by atoms with Crippen LogP contribution in [0.1, 0.15) is 19.4 Å². The predicted molar refractivity (Wildman–Crippen MR) is 67.0 cm³/mol. The molecule has 1 aromatic rings. The fraction of sp³-hybridized carbons (Fsp3) is 0.500. The Kier molecular flexibility index (Phi) is 4.89. The standard InChI is InChI=1S/C12H17BrFNO/c1-12(2,8-16)15-6-5-9-7-10(13)3-4-11(9)14/h3-4,7,15-16H,5-6,8H2,1-2H3. The minimum atomic E-state index is -0.317. The van der Waals surface area contributed by atoms with Crippen molar-refractivity contribution in [1.29, 1.82) is 0 Å². The van der Waals surface area contributed by atoms with E-state index in [2.05, 4.69) is 21.2 Å². The van der Waals surface area contributed by atoms with Gasteiger partial charge in [-0.25, -0.2) is 4.39 Å². The molecule has 0 unspecified atom stereocenters. The first kappa shape index (κ1) is 13.6.